The molecule has 5 nitrogen and oxygen atoms in total. The smallest absolute Gasteiger partial charge is 0.347 e. The Morgan fingerprint density at radius 1 is 1.50 bits per heavy atom. The number of carbonyl (C=O) groups is 2. The Labute approximate surface area is 70.3 Å². The van der Waals surface area contributed by atoms with E-state index in [1.165, 1.54) is 0 Å². The lowest BCUT2D eigenvalue weighted by Gasteiger charge is -2.08. The van der Waals surface area contributed by atoms with Gasteiger partial charge in [-0.1, -0.05) is 6.92 Å². The van der Waals surface area contributed by atoms with Crippen molar-refractivity contribution in [2.45, 2.75) is 19.4 Å². The molecule has 0 saturated carbocycles. The van der Waals surface area contributed by atoms with Gasteiger partial charge in [0.25, 0.3) is 6.10 Å². The molecule has 0 aromatic heterocycles. The van der Waals surface area contributed by atoms with Gasteiger partial charge in [0.05, 0.1) is 6.61 Å². The van der Waals surface area contributed by atoms with Gasteiger partial charge in [-0.05, 0) is 6.42 Å². The summed E-state index contributed by atoms with van der Waals surface area (Å²) in [6, 6.07) is 0. The summed E-state index contributed by atoms with van der Waals surface area (Å²) in [6.45, 7) is 2.03. The third kappa shape index (κ3) is 3.34. The predicted molar refractivity (Wildman–Crippen MR) is 39.7 cm³/mol. The molecule has 5 heteroatoms. The predicted octanol–water partition coefficient (Wildman–Crippen LogP) is 0.0392. The van der Waals surface area contributed by atoms with Crippen molar-refractivity contribution in [2.75, 3.05) is 13.7 Å². The molecule has 0 aromatic carbocycles. The molecule has 0 heterocycles. The van der Waals surface area contributed by atoms with Crippen LogP contribution in [0.25, 0.3) is 0 Å². The van der Waals surface area contributed by atoms with E-state index < -0.39 is 18.0 Å². The zero-order valence-electron chi connectivity index (χ0n) is 7.07. The first-order valence-corrected chi connectivity index (χ1v) is 3.55. The average Bonchev–Trinajstić information content (AvgIpc) is 2.01. The molecule has 0 fully saturated rings. The van der Waals surface area contributed by atoms with Crippen molar-refractivity contribution in [1.29, 1.82) is 0 Å². The first-order valence-electron chi connectivity index (χ1n) is 3.55. The lowest BCUT2D eigenvalue weighted by atomic mass is 10.4. The van der Waals surface area contributed by atoms with Crippen LogP contribution in [0.15, 0.2) is 0 Å². The van der Waals surface area contributed by atoms with E-state index in [0.29, 0.717) is 6.42 Å². The lowest BCUT2D eigenvalue weighted by molar-refractivity contribution is -0.167. The van der Waals surface area contributed by atoms with Crippen LogP contribution in [-0.4, -0.2) is 36.9 Å². The summed E-state index contributed by atoms with van der Waals surface area (Å²) in [5, 5.41) is 8.42. The molecule has 1 N–H and O–H groups in total. The molecule has 0 radical (unpaired) electrons. The maximum absolute atomic E-state index is 10.8. The highest BCUT2D eigenvalue weighted by Crippen LogP contribution is 1.95. The molecular formula is C7H12O5. The van der Waals surface area contributed by atoms with Crippen LogP contribution in [0, 0.1) is 0 Å². The van der Waals surface area contributed by atoms with Crippen molar-refractivity contribution in [1.82, 2.24) is 0 Å². The molecule has 0 aromatic rings. The highest BCUT2D eigenvalue weighted by molar-refractivity contribution is 5.97. The highest BCUT2D eigenvalue weighted by Gasteiger charge is 2.26. The molecule has 0 aliphatic rings. The monoisotopic (exact) mass is 176 g/mol. The van der Waals surface area contributed by atoms with Crippen molar-refractivity contribution in [3.63, 3.8) is 0 Å². The Kier molecular flexibility index (Phi) is 5.03. The Hall–Kier alpha value is -1.10. The van der Waals surface area contributed by atoms with Gasteiger partial charge >= 0.3 is 11.9 Å². The van der Waals surface area contributed by atoms with Gasteiger partial charge in [-0.15, -0.1) is 0 Å². The number of hydrogen-bond donors (Lipinski definition) is 1. The molecule has 0 rings (SSSR count). The molecule has 0 saturated heterocycles. The minimum atomic E-state index is -1.50. The van der Waals surface area contributed by atoms with E-state index in [1.54, 1.807) is 0 Å². The van der Waals surface area contributed by atoms with Gasteiger partial charge in [0.15, 0.2) is 0 Å². The molecule has 70 valence electrons. The number of carbonyl (C=O) groups excluding carboxylic acids is 1. The van der Waals surface area contributed by atoms with E-state index in [0.717, 1.165) is 7.11 Å². The van der Waals surface area contributed by atoms with E-state index in [9.17, 15) is 9.59 Å². The molecule has 0 aliphatic carbocycles. The number of rotatable bonds is 5. The summed E-state index contributed by atoms with van der Waals surface area (Å²) in [4.78, 5) is 21.2. The molecule has 1 atom stereocenters. The summed E-state index contributed by atoms with van der Waals surface area (Å²) in [5.41, 5.74) is 0. The topological polar surface area (TPSA) is 72.8 Å². The quantitative estimate of drug-likeness (QED) is 0.473. The van der Waals surface area contributed by atoms with E-state index >= 15 is 0 Å². The van der Waals surface area contributed by atoms with Gasteiger partial charge in [0.2, 0.25) is 0 Å². The Balaban J connectivity index is 3.95. The highest BCUT2D eigenvalue weighted by atomic mass is 16.6. The number of methoxy groups -OCH3 is 1. The summed E-state index contributed by atoms with van der Waals surface area (Å²) < 4.78 is 8.96. The lowest BCUT2D eigenvalue weighted by Crippen LogP contribution is -2.33. The van der Waals surface area contributed by atoms with E-state index in [4.69, 9.17) is 5.11 Å². The van der Waals surface area contributed by atoms with Crippen LogP contribution in [0.3, 0.4) is 0 Å². The molecule has 1 unspecified atom stereocenters. The van der Waals surface area contributed by atoms with Gasteiger partial charge in [0.1, 0.15) is 0 Å². The van der Waals surface area contributed by atoms with E-state index in [2.05, 4.69) is 9.47 Å². The number of carboxylic acid groups (broad SMARTS) is 1. The molecule has 0 spiro atoms. The average molecular weight is 176 g/mol. The van der Waals surface area contributed by atoms with Crippen molar-refractivity contribution in [3.05, 3.63) is 0 Å². The number of esters is 1. The maximum Gasteiger partial charge on any atom is 0.347 e. The van der Waals surface area contributed by atoms with Crippen LogP contribution in [0.1, 0.15) is 13.3 Å². The van der Waals surface area contributed by atoms with Crippen molar-refractivity contribution < 1.29 is 24.2 Å². The second kappa shape index (κ2) is 5.54. The van der Waals surface area contributed by atoms with Crippen LogP contribution in [0.4, 0.5) is 0 Å². The fourth-order valence-electron chi connectivity index (χ4n) is 0.576. The summed E-state index contributed by atoms with van der Waals surface area (Å²) >= 11 is 0. The second-order valence-electron chi connectivity index (χ2n) is 2.12. The van der Waals surface area contributed by atoms with Gasteiger partial charge < -0.3 is 14.6 Å². The standard InChI is InChI=1S/C7H12O5/c1-3-4-12-7(10)5(11-2)6(8)9/h5H,3-4H2,1-2H3,(H,8,9). The molecule has 12 heavy (non-hydrogen) atoms. The number of ether oxygens (including phenoxy) is 2. The molecular weight excluding hydrogens is 164 g/mol. The van der Waals surface area contributed by atoms with Gasteiger partial charge in [0, 0.05) is 7.11 Å². The fraction of sp³-hybridized carbons (Fsp3) is 0.714. The van der Waals surface area contributed by atoms with E-state index in [1.807, 2.05) is 6.92 Å². The van der Waals surface area contributed by atoms with Crippen molar-refractivity contribution in [3.8, 4) is 0 Å². The summed E-state index contributed by atoms with van der Waals surface area (Å²) in [5.74, 6) is -2.19. The van der Waals surface area contributed by atoms with Crippen LogP contribution in [0.2, 0.25) is 0 Å². The largest absolute Gasteiger partial charge is 0.479 e. The van der Waals surface area contributed by atoms with Crippen molar-refractivity contribution >= 4 is 11.9 Å². The maximum atomic E-state index is 10.8. The summed E-state index contributed by atoms with van der Waals surface area (Å²) in [7, 11) is 1.14. The summed E-state index contributed by atoms with van der Waals surface area (Å²) in [6.07, 6.45) is -0.849. The van der Waals surface area contributed by atoms with Gasteiger partial charge in [-0.3, -0.25) is 0 Å². The van der Waals surface area contributed by atoms with E-state index in [-0.39, 0.29) is 6.61 Å². The zero-order chi connectivity index (χ0) is 9.56. The van der Waals surface area contributed by atoms with Gasteiger partial charge in [-0.25, -0.2) is 9.59 Å². The SMILES string of the molecule is CCCOC(=O)C(OC)C(=O)O. The number of hydrogen-bond acceptors (Lipinski definition) is 4. The van der Waals surface area contributed by atoms with Crippen LogP contribution >= 0.6 is 0 Å². The first kappa shape index (κ1) is 10.9. The normalized spacial score (nSPS) is 12.2. The van der Waals surface area contributed by atoms with Gasteiger partial charge in [-0.2, -0.15) is 0 Å². The molecule has 0 amide bonds. The fourth-order valence-corrected chi connectivity index (χ4v) is 0.576. The minimum absolute atomic E-state index is 0.214. The number of carboxylic acids is 1. The second-order valence-corrected chi connectivity index (χ2v) is 2.12. The molecule has 0 bridgehead atoms. The van der Waals surface area contributed by atoms with Crippen LogP contribution in [0.5, 0.6) is 0 Å². The van der Waals surface area contributed by atoms with Crippen LogP contribution < -0.4 is 0 Å². The Morgan fingerprint density at radius 3 is 2.42 bits per heavy atom. The van der Waals surface area contributed by atoms with Crippen molar-refractivity contribution in [2.24, 2.45) is 0 Å². The Bertz CT molecular complexity index is 165. The third-order valence-electron chi connectivity index (χ3n) is 1.12. The Morgan fingerprint density at radius 2 is 2.08 bits per heavy atom. The molecule has 0 aliphatic heterocycles. The minimum Gasteiger partial charge on any atom is -0.479 e. The first-order chi connectivity index (χ1) is 5.63. The van der Waals surface area contributed by atoms with Crippen LogP contribution in [-0.2, 0) is 19.1 Å². The third-order valence-corrected chi connectivity index (χ3v) is 1.12. The number of aliphatic carboxylic acids is 1. The zero-order valence-corrected chi connectivity index (χ0v) is 7.07.